The molecule has 1 aliphatic heterocycles. The highest BCUT2D eigenvalue weighted by Gasteiger charge is 2.18. The number of piperidine rings is 1. The number of hydrogen-bond donors (Lipinski definition) is 1. The average molecular weight is 303 g/mol. The largest absolute Gasteiger partial charge is 0.349 e. The van der Waals surface area contributed by atoms with E-state index >= 15 is 0 Å². The van der Waals surface area contributed by atoms with Gasteiger partial charge in [0.05, 0.1) is 10.0 Å². The van der Waals surface area contributed by atoms with Crippen molar-refractivity contribution < 1.29 is 0 Å². The number of nitrogens with zero attached hydrogens (tertiary/aromatic N) is 1. The van der Waals surface area contributed by atoms with Gasteiger partial charge in [-0.3, -0.25) is 0 Å². The Bertz CT molecular complexity index is 451. The number of nitrogens with one attached hydrogen (secondary N) is 1. The number of rotatable bonds is 1. The maximum absolute atomic E-state index is 5.98. The van der Waals surface area contributed by atoms with Crippen LogP contribution < -0.4 is 5.32 Å². The summed E-state index contributed by atoms with van der Waals surface area (Å²) in [5.41, 5.74) is 0.882. The third-order valence-corrected chi connectivity index (χ3v) is 4.21. The first-order valence-corrected chi connectivity index (χ1v) is 7.23. The summed E-state index contributed by atoms with van der Waals surface area (Å²) < 4.78 is 0. The normalized spacial score (nSPS) is 19.7. The molecule has 2 rings (SSSR count). The maximum atomic E-state index is 5.98. The van der Waals surface area contributed by atoms with Crippen LogP contribution in [0.2, 0.25) is 10.0 Å². The second-order valence-corrected chi connectivity index (χ2v) is 5.95. The quantitative estimate of drug-likeness (QED) is 0.773. The van der Waals surface area contributed by atoms with Crippen LogP contribution in [-0.2, 0) is 0 Å². The summed E-state index contributed by atoms with van der Waals surface area (Å²) in [5, 5.41) is 5.07. The van der Waals surface area contributed by atoms with Gasteiger partial charge < -0.3 is 10.2 Å². The van der Waals surface area contributed by atoms with E-state index in [0.717, 1.165) is 23.9 Å². The van der Waals surface area contributed by atoms with Crippen LogP contribution in [0.15, 0.2) is 18.2 Å². The summed E-state index contributed by atoms with van der Waals surface area (Å²) in [6, 6.07) is 5.45. The SMILES string of the molecule is C[C@@H]1CCCN(C(=S)Nc2ccc(Cl)c(Cl)c2)C1. The van der Waals surface area contributed by atoms with E-state index in [9.17, 15) is 0 Å². The number of halogens is 2. The van der Waals surface area contributed by atoms with Crippen molar-refractivity contribution in [3.63, 3.8) is 0 Å². The Balaban J connectivity index is 2.00. The van der Waals surface area contributed by atoms with Crippen molar-refractivity contribution in [2.75, 3.05) is 18.4 Å². The lowest BCUT2D eigenvalue weighted by atomic mass is 10.0. The molecule has 0 spiro atoms. The molecule has 0 bridgehead atoms. The zero-order valence-electron chi connectivity index (χ0n) is 10.2. The molecule has 0 unspecified atom stereocenters. The van der Waals surface area contributed by atoms with E-state index in [-0.39, 0.29) is 0 Å². The minimum atomic E-state index is 0.538. The molecule has 5 heteroatoms. The molecule has 1 fully saturated rings. The highest BCUT2D eigenvalue weighted by Crippen LogP contribution is 2.25. The van der Waals surface area contributed by atoms with Gasteiger partial charge in [0, 0.05) is 18.8 Å². The van der Waals surface area contributed by atoms with E-state index in [1.165, 1.54) is 12.8 Å². The average Bonchev–Trinajstić information content (AvgIpc) is 2.34. The minimum Gasteiger partial charge on any atom is -0.349 e. The number of benzene rings is 1. The molecular weight excluding hydrogens is 287 g/mol. The summed E-state index contributed by atoms with van der Waals surface area (Å²) in [5.74, 6) is 0.701. The molecule has 1 aliphatic rings. The molecule has 1 atom stereocenters. The van der Waals surface area contributed by atoms with Crippen LogP contribution in [0.5, 0.6) is 0 Å². The monoisotopic (exact) mass is 302 g/mol. The molecule has 1 heterocycles. The van der Waals surface area contributed by atoms with Gasteiger partial charge in [-0.15, -0.1) is 0 Å². The predicted octanol–water partition coefficient (Wildman–Crippen LogP) is 4.42. The van der Waals surface area contributed by atoms with Crippen molar-refractivity contribution in [2.45, 2.75) is 19.8 Å². The summed E-state index contributed by atoms with van der Waals surface area (Å²) in [7, 11) is 0. The fourth-order valence-electron chi connectivity index (χ4n) is 2.15. The lowest BCUT2D eigenvalue weighted by Crippen LogP contribution is -2.41. The van der Waals surface area contributed by atoms with Gasteiger partial charge in [-0.2, -0.15) is 0 Å². The smallest absolute Gasteiger partial charge is 0.173 e. The summed E-state index contributed by atoms with van der Waals surface area (Å²) >= 11 is 17.3. The molecule has 1 saturated heterocycles. The van der Waals surface area contributed by atoms with Crippen molar-refractivity contribution in [3.8, 4) is 0 Å². The third-order valence-electron chi connectivity index (χ3n) is 3.12. The van der Waals surface area contributed by atoms with Crippen molar-refractivity contribution in [3.05, 3.63) is 28.2 Å². The van der Waals surface area contributed by atoms with Gasteiger partial charge in [-0.1, -0.05) is 30.1 Å². The predicted molar refractivity (Wildman–Crippen MR) is 82.7 cm³/mol. The third kappa shape index (κ3) is 3.50. The van der Waals surface area contributed by atoms with Crippen LogP contribution in [0.25, 0.3) is 0 Å². The van der Waals surface area contributed by atoms with E-state index in [0.29, 0.717) is 16.0 Å². The maximum Gasteiger partial charge on any atom is 0.173 e. The van der Waals surface area contributed by atoms with Gasteiger partial charge in [-0.25, -0.2) is 0 Å². The fourth-order valence-corrected chi connectivity index (χ4v) is 2.73. The van der Waals surface area contributed by atoms with E-state index in [2.05, 4.69) is 17.1 Å². The van der Waals surface area contributed by atoms with Crippen LogP contribution in [0.3, 0.4) is 0 Å². The zero-order valence-corrected chi connectivity index (χ0v) is 12.6. The molecule has 0 saturated carbocycles. The number of anilines is 1. The highest BCUT2D eigenvalue weighted by molar-refractivity contribution is 7.80. The second-order valence-electron chi connectivity index (χ2n) is 4.75. The lowest BCUT2D eigenvalue weighted by molar-refractivity contribution is 0.276. The zero-order chi connectivity index (χ0) is 13.1. The molecule has 0 amide bonds. The van der Waals surface area contributed by atoms with E-state index in [1.54, 1.807) is 12.1 Å². The van der Waals surface area contributed by atoms with Gasteiger partial charge in [-0.05, 0) is 49.2 Å². The summed E-state index contributed by atoms with van der Waals surface area (Å²) in [6.07, 6.45) is 2.48. The van der Waals surface area contributed by atoms with Crippen LogP contribution >= 0.6 is 35.4 Å². The first-order valence-electron chi connectivity index (χ1n) is 6.07. The van der Waals surface area contributed by atoms with Crippen LogP contribution in [0.1, 0.15) is 19.8 Å². The topological polar surface area (TPSA) is 15.3 Å². The standard InChI is InChI=1S/C13H16Cl2N2S/c1-9-3-2-6-17(8-9)13(18)16-10-4-5-11(14)12(15)7-10/h4-5,7,9H,2-3,6,8H2,1H3,(H,16,18)/t9-/m1/s1. The molecule has 1 N–H and O–H groups in total. The van der Waals surface area contributed by atoms with E-state index in [4.69, 9.17) is 35.4 Å². The second kappa shape index (κ2) is 6.09. The van der Waals surface area contributed by atoms with Crippen molar-refractivity contribution in [2.24, 2.45) is 5.92 Å². The highest BCUT2D eigenvalue weighted by atomic mass is 35.5. The Morgan fingerprint density at radius 3 is 2.83 bits per heavy atom. The molecule has 98 valence electrons. The number of likely N-dealkylation sites (tertiary alicyclic amines) is 1. The first kappa shape index (κ1) is 13.9. The minimum absolute atomic E-state index is 0.538. The lowest BCUT2D eigenvalue weighted by Gasteiger charge is -2.33. The Hall–Kier alpha value is -0.510. The van der Waals surface area contributed by atoms with E-state index < -0.39 is 0 Å². The van der Waals surface area contributed by atoms with E-state index in [1.807, 2.05) is 6.07 Å². The van der Waals surface area contributed by atoms with Crippen LogP contribution in [-0.4, -0.2) is 23.1 Å². The van der Waals surface area contributed by atoms with Crippen molar-refractivity contribution >= 4 is 46.2 Å². The Morgan fingerprint density at radius 2 is 2.17 bits per heavy atom. The fraction of sp³-hybridized carbons (Fsp3) is 0.462. The van der Waals surface area contributed by atoms with Gasteiger partial charge in [0.2, 0.25) is 0 Å². The summed E-state index contributed by atoms with van der Waals surface area (Å²) in [6.45, 7) is 4.30. The molecule has 1 aromatic carbocycles. The Morgan fingerprint density at radius 1 is 1.39 bits per heavy atom. The van der Waals surface area contributed by atoms with Gasteiger partial charge >= 0.3 is 0 Å². The summed E-state index contributed by atoms with van der Waals surface area (Å²) in [4.78, 5) is 2.21. The van der Waals surface area contributed by atoms with Gasteiger partial charge in [0.1, 0.15) is 0 Å². The van der Waals surface area contributed by atoms with Crippen molar-refractivity contribution in [1.82, 2.24) is 4.90 Å². The molecule has 2 nitrogen and oxygen atoms in total. The molecule has 1 aromatic rings. The molecular formula is C13H16Cl2N2S. The van der Waals surface area contributed by atoms with Crippen molar-refractivity contribution in [1.29, 1.82) is 0 Å². The Kier molecular flexibility index (Phi) is 4.71. The van der Waals surface area contributed by atoms with Gasteiger partial charge in [0.15, 0.2) is 5.11 Å². The van der Waals surface area contributed by atoms with Gasteiger partial charge in [0.25, 0.3) is 0 Å². The van der Waals surface area contributed by atoms with Crippen LogP contribution in [0, 0.1) is 5.92 Å². The molecule has 0 aliphatic carbocycles. The first-order chi connectivity index (χ1) is 8.56. The number of hydrogen-bond acceptors (Lipinski definition) is 1. The molecule has 18 heavy (non-hydrogen) atoms. The van der Waals surface area contributed by atoms with Crippen LogP contribution in [0.4, 0.5) is 5.69 Å². The molecule has 0 radical (unpaired) electrons. The number of thiocarbonyl (C=S) groups is 1. The Labute approximate surface area is 123 Å². The molecule has 0 aromatic heterocycles.